The van der Waals surface area contributed by atoms with E-state index in [9.17, 15) is 0 Å². The molecule has 0 saturated heterocycles. The first-order chi connectivity index (χ1) is 7.67. The number of hydrogen-bond donors (Lipinski definition) is 1. The van der Waals surface area contributed by atoms with Gasteiger partial charge in [-0.3, -0.25) is 0 Å². The highest BCUT2D eigenvalue weighted by molar-refractivity contribution is 5.05. The van der Waals surface area contributed by atoms with Gasteiger partial charge >= 0.3 is 0 Å². The third kappa shape index (κ3) is 2.01. The van der Waals surface area contributed by atoms with Crippen LogP contribution in [0, 0.1) is 5.41 Å². The molecule has 1 unspecified atom stereocenters. The molecule has 1 aromatic heterocycles. The lowest BCUT2D eigenvalue weighted by Crippen LogP contribution is -2.37. The first-order valence-electron chi connectivity index (χ1n) is 6.32. The Morgan fingerprint density at radius 3 is 2.56 bits per heavy atom. The topological polar surface area (TPSA) is 29.9 Å². The van der Waals surface area contributed by atoms with Crippen LogP contribution in [0.1, 0.15) is 50.9 Å². The Kier molecular flexibility index (Phi) is 3.33. The van der Waals surface area contributed by atoms with Crippen LogP contribution in [0.15, 0.2) is 12.4 Å². The molecule has 1 aliphatic rings. The van der Waals surface area contributed by atoms with E-state index in [1.807, 2.05) is 12.4 Å². The van der Waals surface area contributed by atoms with Gasteiger partial charge in [0.25, 0.3) is 0 Å². The van der Waals surface area contributed by atoms with E-state index in [0.29, 0.717) is 11.5 Å². The zero-order valence-electron chi connectivity index (χ0n) is 10.7. The second-order valence-electron chi connectivity index (χ2n) is 5.33. The summed E-state index contributed by atoms with van der Waals surface area (Å²) in [6, 6.07) is 0.382. The normalized spacial score (nSPS) is 21.9. The molecule has 0 radical (unpaired) electrons. The van der Waals surface area contributed by atoms with E-state index in [-0.39, 0.29) is 0 Å². The van der Waals surface area contributed by atoms with Crippen LogP contribution in [0.5, 0.6) is 0 Å². The predicted molar refractivity (Wildman–Crippen MR) is 66.2 cm³/mol. The summed E-state index contributed by atoms with van der Waals surface area (Å²) in [5.74, 6) is 1.17. The number of aryl methyl sites for hydroxylation is 1. The molecule has 0 bridgehead atoms. The Bertz CT molecular complexity index is 337. The fourth-order valence-corrected chi connectivity index (χ4v) is 3.09. The Morgan fingerprint density at radius 1 is 1.38 bits per heavy atom. The van der Waals surface area contributed by atoms with Crippen molar-refractivity contribution in [1.29, 1.82) is 0 Å². The highest BCUT2D eigenvalue weighted by Gasteiger charge is 2.37. The molecule has 16 heavy (non-hydrogen) atoms. The summed E-state index contributed by atoms with van der Waals surface area (Å²) in [6.07, 6.45) is 10.7. The van der Waals surface area contributed by atoms with Gasteiger partial charge in [-0.15, -0.1) is 0 Å². The van der Waals surface area contributed by atoms with Crippen LogP contribution in [0.25, 0.3) is 0 Å². The highest BCUT2D eigenvalue weighted by Crippen LogP contribution is 2.44. The van der Waals surface area contributed by atoms with Crippen molar-refractivity contribution in [3.8, 4) is 0 Å². The Balaban J connectivity index is 2.24. The van der Waals surface area contributed by atoms with E-state index in [1.54, 1.807) is 0 Å². The van der Waals surface area contributed by atoms with Crippen molar-refractivity contribution in [2.24, 2.45) is 12.5 Å². The van der Waals surface area contributed by atoms with Crippen molar-refractivity contribution in [3.63, 3.8) is 0 Å². The van der Waals surface area contributed by atoms with Gasteiger partial charge in [-0.1, -0.05) is 26.2 Å². The van der Waals surface area contributed by atoms with Crippen molar-refractivity contribution in [2.75, 3.05) is 7.05 Å². The van der Waals surface area contributed by atoms with Crippen LogP contribution in [-0.2, 0) is 7.05 Å². The molecular formula is C13H23N3. The van der Waals surface area contributed by atoms with Gasteiger partial charge in [-0.05, 0) is 25.3 Å². The maximum atomic E-state index is 4.51. The van der Waals surface area contributed by atoms with Crippen LogP contribution in [-0.4, -0.2) is 16.6 Å². The molecule has 3 heteroatoms. The smallest absolute Gasteiger partial charge is 0.126 e. The molecule has 1 atom stereocenters. The SMILES string of the molecule is CNC(c1nccn1C)C1(C)CCCCC1. The van der Waals surface area contributed by atoms with E-state index in [2.05, 4.69) is 35.9 Å². The number of hydrogen-bond acceptors (Lipinski definition) is 2. The number of aromatic nitrogens is 2. The number of nitrogens with zero attached hydrogens (tertiary/aromatic N) is 2. The molecule has 90 valence electrons. The molecule has 0 spiro atoms. The zero-order valence-corrected chi connectivity index (χ0v) is 10.7. The van der Waals surface area contributed by atoms with Crippen molar-refractivity contribution in [2.45, 2.75) is 45.1 Å². The quantitative estimate of drug-likeness (QED) is 0.850. The second kappa shape index (κ2) is 4.58. The first-order valence-corrected chi connectivity index (χ1v) is 6.32. The minimum atomic E-state index is 0.367. The zero-order chi connectivity index (χ0) is 11.6. The van der Waals surface area contributed by atoms with Crippen molar-refractivity contribution in [3.05, 3.63) is 18.2 Å². The molecule has 0 amide bonds. The molecular weight excluding hydrogens is 198 g/mol. The molecule has 1 saturated carbocycles. The minimum Gasteiger partial charge on any atom is -0.337 e. The Hall–Kier alpha value is -0.830. The van der Waals surface area contributed by atoms with Crippen LogP contribution in [0.3, 0.4) is 0 Å². The van der Waals surface area contributed by atoms with E-state index >= 15 is 0 Å². The van der Waals surface area contributed by atoms with Gasteiger partial charge < -0.3 is 9.88 Å². The van der Waals surface area contributed by atoms with Crippen molar-refractivity contribution >= 4 is 0 Å². The van der Waals surface area contributed by atoms with Crippen molar-refractivity contribution < 1.29 is 0 Å². The van der Waals surface area contributed by atoms with Crippen LogP contribution in [0.2, 0.25) is 0 Å². The lowest BCUT2D eigenvalue weighted by molar-refractivity contribution is 0.143. The monoisotopic (exact) mass is 221 g/mol. The molecule has 2 rings (SSSR count). The number of nitrogens with one attached hydrogen (secondary N) is 1. The Labute approximate surface area is 98.3 Å². The van der Waals surface area contributed by atoms with E-state index in [0.717, 1.165) is 0 Å². The summed E-state index contributed by atoms with van der Waals surface area (Å²) in [5.41, 5.74) is 0.367. The van der Waals surface area contributed by atoms with Crippen molar-refractivity contribution in [1.82, 2.24) is 14.9 Å². The third-order valence-corrected chi connectivity index (χ3v) is 4.10. The van der Waals surface area contributed by atoms with E-state index in [1.165, 1.54) is 37.9 Å². The van der Waals surface area contributed by atoms with Crippen LogP contribution in [0.4, 0.5) is 0 Å². The molecule has 1 aliphatic carbocycles. The first kappa shape index (κ1) is 11.6. The number of rotatable bonds is 3. The lowest BCUT2D eigenvalue weighted by Gasteiger charge is -2.40. The third-order valence-electron chi connectivity index (χ3n) is 4.10. The predicted octanol–water partition coefficient (Wildman–Crippen LogP) is 2.65. The molecule has 0 aromatic carbocycles. The summed E-state index contributed by atoms with van der Waals surface area (Å²) in [4.78, 5) is 4.51. The van der Waals surface area contributed by atoms with Gasteiger partial charge in [0.1, 0.15) is 5.82 Å². The highest BCUT2D eigenvalue weighted by atomic mass is 15.1. The van der Waals surface area contributed by atoms with Gasteiger partial charge in [0, 0.05) is 19.4 Å². The summed E-state index contributed by atoms with van der Waals surface area (Å²) < 4.78 is 2.14. The van der Waals surface area contributed by atoms with E-state index in [4.69, 9.17) is 0 Å². The number of imidazole rings is 1. The molecule has 3 nitrogen and oxygen atoms in total. The molecule has 1 heterocycles. The molecule has 1 fully saturated rings. The standard InChI is InChI=1S/C13H23N3/c1-13(7-5-4-6-8-13)11(14-2)12-15-9-10-16(12)3/h9-11,14H,4-8H2,1-3H3. The lowest BCUT2D eigenvalue weighted by atomic mass is 9.70. The maximum absolute atomic E-state index is 4.51. The average Bonchev–Trinajstić information content (AvgIpc) is 2.67. The second-order valence-corrected chi connectivity index (χ2v) is 5.33. The fourth-order valence-electron chi connectivity index (χ4n) is 3.09. The summed E-state index contributed by atoms with van der Waals surface area (Å²) in [6.45, 7) is 2.40. The molecule has 0 aliphatic heterocycles. The van der Waals surface area contributed by atoms with Gasteiger partial charge in [0.2, 0.25) is 0 Å². The summed E-state index contributed by atoms with van der Waals surface area (Å²) in [5, 5.41) is 3.47. The van der Waals surface area contributed by atoms with Gasteiger partial charge in [-0.25, -0.2) is 4.98 Å². The average molecular weight is 221 g/mol. The van der Waals surface area contributed by atoms with Crippen LogP contribution < -0.4 is 5.32 Å². The fraction of sp³-hybridized carbons (Fsp3) is 0.769. The summed E-state index contributed by atoms with van der Waals surface area (Å²) in [7, 11) is 4.14. The van der Waals surface area contributed by atoms with E-state index < -0.39 is 0 Å². The molecule has 1 aromatic rings. The Morgan fingerprint density at radius 2 is 2.06 bits per heavy atom. The van der Waals surface area contributed by atoms with Gasteiger partial charge in [0.15, 0.2) is 0 Å². The van der Waals surface area contributed by atoms with Crippen LogP contribution >= 0.6 is 0 Å². The molecule has 1 N–H and O–H groups in total. The largest absolute Gasteiger partial charge is 0.337 e. The van der Waals surface area contributed by atoms with Gasteiger partial charge in [0.05, 0.1) is 6.04 Å². The van der Waals surface area contributed by atoms with Gasteiger partial charge in [-0.2, -0.15) is 0 Å². The summed E-state index contributed by atoms with van der Waals surface area (Å²) >= 11 is 0. The minimum absolute atomic E-state index is 0.367. The maximum Gasteiger partial charge on any atom is 0.126 e.